The average molecular weight is 389 g/mol. The molecule has 28 heavy (non-hydrogen) atoms. The number of hydrogen-bond donors (Lipinski definition) is 1. The van der Waals surface area contributed by atoms with Gasteiger partial charge in [0.25, 0.3) is 5.91 Å². The number of hydrogen-bond acceptors (Lipinski definition) is 4. The molecule has 1 N–H and O–H groups in total. The van der Waals surface area contributed by atoms with E-state index in [0.717, 1.165) is 0 Å². The fraction of sp³-hybridized carbons (Fsp3) is 0.524. The first-order valence-electron chi connectivity index (χ1n) is 9.85. The van der Waals surface area contributed by atoms with Crippen molar-refractivity contribution in [3.8, 4) is 0 Å². The number of carbonyl (C=O) groups is 2. The molecule has 0 aromatic heterocycles. The summed E-state index contributed by atoms with van der Waals surface area (Å²) in [6, 6.07) is 4.31. The van der Waals surface area contributed by atoms with E-state index in [1.807, 2.05) is 25.7 Å². The van der Waals surface area contributed by atoms with Gasteiger partial charge in [0.2, 0.25) is 5.91 Å². The second kappa shape index (κ2) is 8.73. The molecule has 7 heteroatoms. The number of nitrogens with one attached hydrogen (secondary N) is 1. The topological polar surface area (TPSA) is 61.9 Å². The van der Waals surface area contributed by atoms with E-state index in [4.69, 9.17) is 4.74 Å². The van der Waals surface area contributed by atoms with Crippen molar-refractivity contribution in [3.63, 3.8) is 0 Å². The van der Waals surface area contributed by atoms with Crippen LogP contribution in [0.4, 0.5) is 10.1 Å². The second-order valence-corrected chi connectivity index (χ2v) is 7.43. The third-order valence-corrected chi connectivity index (χ3v) is 5.20. The zero-order chi connectivity index (χ0) is 20.3. The first kappa shape index (κ1) is 20.3. The minimum Gasteiger partial charge on any atom is -0.378 e. The second-order valence-electron chi connectivity index (χ2n) is 7.43. The Balaban J connectivity index is 1.79. The molecule has 1 fully saturated rings. The fourth-order valence-electron chi connectivity index (χ4n) is 3.88. The summed E-state index contributed by atoms with van der Waals surface area (Å²) in [6.07, 6.45) is 1.80. The van der Waals surface area contributed by atoms with Crippen LogP contribution in [0.2, 0.25) is 0 Å². The predicted octanol–water partition coefficient (Wildman–Crippen LogP) is 2.21. The summed E-state index contributed by atoms with van der Waals surface area (Å²) in [5.41, 5.74) is 1.39. The maximum atomic E-state index is 14.7. The minimum atomic E-state index is -0.412. The molecule has 1 aromatic rings. The van der Waals surface area contributed by atoms with Gasteiger partial charge in [0.1, 0.15) is 5.82 Å². The van der Waals surface area contributed by atoms with Crippen LogP contribution in [0.3, 0.4) is 0 Å². The molecule has 1 aromatic carbocycles. The standard InChI is InChI=1S/C21H28FN3O3/c1-4-23-20(26)16-7-8-25(19(16)14(2)3)21(27)15-5-6-18(17(22)13-15)24-9-11-28-12-10-24/h5-7,13-14,19H,4,8-12H2,1-3H3,(H,23,26)/t19-/m1/s1. The zero-order valence-corrected chi connectivity index (χ0v) is 16.7. The first-order valence-corrected chi connectivity index (χ1v) is 9.85. The van der Waals surface area contributed by atoms with Gasteiger partial charge in [-0.3, -0.25) is 9.59 Å². The molecular weight excluding hydrogens is 361 g/mol. The Bertz CT molecular complexity index is 772. The van der Waals surface area contributed by atoms with Crippen LogP contribution in [0.5, 0.6) is 0 Å². The summed E-state index contributed by atoms with van der Waals surface area (Å²) < 4.78 is 20.0. The van der Waals surface area contributed by atoms with Crippen LogP contribution in [-0.2, 0) is 9.53 Å². The molecule has 0 bridgehead atoms. The van der Waals surface area contributed by atoms with E-state index in [9.17, 15) is 14.0 Å². The van der Waals surface area contributed by atoms with Gasteiger partial charge < -0.3 is 19.9 Å². The molecular formula is C21H28FN3O3. The summed E-state index contributed by atoms with van der Waals surface area (Å²) in [6.45, 7) is 9.09. The van der Waals surface area contributed by atoms with Gasteiger partial charge in [0.15, 0.2) is 0 Å². The summed E-state index contributed by atoms with van der Waals surface area (Å²) in [4.78, 5) is 29.0. The maximum Gasteiger partial charge on any atom is 0.254 e. The number of nitrogens with zero attached hydrogens (tertiary/aromatic N) is 2. The Morgan fingerprint density at radius 3 is 2.61 bits per heavy atom. The molecule has 0 unspecified atom stereocenters. The Morgan fingerprint density at radius 2 is 2.00 bits per heavy atom. The number of rotatable bonds is 5. The van der Waals surface area contributed by atoms with Crippen molar-refractivity contribution in [2.75, 3.05) is 44.3 Å². The quantitative estimate of drug-likeness (QED) is 0.839. The third-order valence-electron chi connectivity index (χ3n) is 5.20. The van der Waals surface area contributed by atoms with Gasteiger partial charge in [-0.2, -0.15) is 0 Å². The van der Waals surface area contributed by atoms with Crippen molar-refractivity contribution in [1.82, 2.24) is 10.2 Å². The van der Waals surface area contributed by atoms with Gasteiger partial charge >= 0.3 is 0 Å². The lowest BCUT2D eigenvalue weighted by Gasteiger charge is -2.31. The van der Waals surface area contributed by atoms with Crippen LogP contribution in [0.15, 0.2) is 29.8 Å². The Kier molecular flexibility index (Phi) is 6.34. The van der Waals surface area contributed by atoms with E-state index < -0.39 is 5.82 Å². The molecule has 0 saturated carbocycles. The molecule has 2 aliphatic rings. The number of amides is 2. The highest BCUT2D eigenvalue weighted by molar-refractivity contribution is 6.00. The first-order chi connectivity index (χ1) is 13.4. The zero-order valence-electron chi connectivity index (χ0n) is 16.7. The number of anilines is 1. The molecule has 2 aliphatic heterocycles. The van der Waals surface area contributed by atoms with E-state index >= 15 is 0 Å². The summed E-state index contributed by atoms with van der Waals surface area (Å²) in [5, 5.41) is 2.80. The van der Waals surface area contributed by atoms with Crippen molar-refractivity contribution in [3.05, 3.63) is 41.2 Å². The van der Waals surface area contributed by atoms with Crippen LogP contribution < -0.4 is 10.2 Å². The van der Waals surface area contributed by atoms with E-state index in [0.29, 0.717) is 56.2 Å². The Labute approximate surface area is 165 Å². The highest BCUT2D eigenvalue weighted by atomic mass is 19.1. The van der Waals surface area contributed by atoms with E-state index in [-0.39, 0.29) is 23.8 Å². The van der Waals surface area contributed by atoms with Gasteiger partial charge in [-0.25, -0.2) is 4.39 Å². The maximum absolute atomic E-state index is 14.7. The third kappa shape index (κ3) is 4.04. The van der Waals surface area contributed by atoms with Gasteiger partial charge in [-0.1, -0.05) is 19.9 Å². The molecule has 1 atom stereocenters. The van der Waals surface area contributed by atoms with Crippen LogP contribution in [0.1, 0.15) is 31.1 Å². The largest absolute Gasteiger partial charge is 0.378 e. The molecule has 1 saturated heterocycles. The van der Waals surface area contributed by atoms with Gasteiger partial charge in [0.05, 0.1) is 24.9 Å². The van der Waals surface area contributed by atoms with Crippen molar-refractivity contribution < 1.29 is 18.7 Å². The lowest BCUT2D eigenvalue weighted by Crippen LogP contribution is -2.43. The summed E-state index contributed by atoms with van der Waals surface area (Å²) in [5.74, 6) is -0.755. The summed E-state index contributed by atoms with van der Waals surface area (Å²) >= 11 is 0. The number of benzene rings is 1. The molecule has 3 rings (SSSR count). The molecule has 0 spiro atoms. The summed E-state index contributed by atoms with van der Waals surface area (Å²) in [7, 11) is 0. The van der Waals surface area contributed by atoms with Crippen molar-refractivity contribution in [2.45, 2.75) is 26.8 Å². The van der Waals surface area contributed by atoms with Crippen LogP contribution >= 0.6 is 0 Å². The Morgan fingerprint density at radius 1 is 1.29 bits per heavy atom. The molecule has 2 heterocycles. The van der Waals surface area contributed by atoms with Crippen molar-refractivity contribution in [1.29, 1.82) is 0 Å². The lowest BCUT2D eigenvalue weighted by molar-refractivity contribution is -0.117. The number of ether oxygens (including phenoxy) is 1. The molecule has 0 radical (unpaired) electrons. The minimum absolute atomic E-state index is 0.0674. The molecule has 152 valence electrons. The predicted molar refractivity (Wildman–Crippen MR) is 106 cm³/mol. The SMILES string of the molecule is CCNC(=O)C1=CCN(C(=O)c2ccc(N3CCOCC3)c(F)c2)[C@@H]1C(C)C. The van der Waals surface area contributed by atoms with Gasteiger partial charge in [-0.05, 0) is 31.0 Å². The monoisotopic (exact) mass is 389 g/mol. The van der Waals surface area contributed by atoms with E-state index in [2.05, 4.69) is 5.32 Å². The molecule has 0 aliphatic carbocycles. The van der Waals surface area contributed by atoms with Gasteiger partial charge in [0, 0.05) is 37.3 Å². The van der Waals surface area contributed by atoms with Crippen molar-refractivity contribution in [2.24, 2.45) is 5.92 Å². The van der Waals surface area contributed by atoms with Crippen LogP contribution in [0, 0.1) is 11.7 Å². The fourth-order valence-corrected chi connectivity index (χ4v) is 3.88. The number of halogens is 1. The number of carbonyl (C=O) groups excluding carboxylic acids is 2. The highest BCUT2D eigenvalue weighted by Crippen LogP contribution is 2.28. The molecule has 2 amide bonds. The highest BCUT2D eigenvalue weighted by Gasteiger charge is 2.37. The van der Waals surface area contributed by atoms with Crippen LogP contribution in [-0.4, -0.2) is 62.1 Å². The van der Waals surface area contributed by atoms with Gasteiger partial charge in [-0.15, -0.1) is 0 Å². The van der Waals surface area contributed by atoms with Crippen LogP contribution in [0.25, 0.3) is 0 Å². The van der Waals surface area contributed by atoms with Crippen molar-refractivity contribution >= 4 is 17.5 Å². The van der Waals surface area contributed by atoms with E-state index in [1.165, 1.54) is 6.07 Å². The lowest BCUT2D eigenvalue weighted by atomic mass is 9.95. The Hall–Kier alpha value is -2.41. The van der Waals surface area contributed by atoms with E-state index in [1.54, 1.807) is 23.1 Å². The number of morpholine rings is 1. The number of likely N-dealkylation sites (N-methyl/N-ethyl adjacent to an activating group) is 1. The normalized spacial score (nSPS) is 19.8. The smallest absolute Gasteiger partial charge is 0.254 e. The average Bonchev–Trinajstić information content (AvgIpc) is 3.14. The molecule has 6 nitrogen and oxygen atoms in total.